The highest BCUT2D eigenvalue weighted by Crippen LogP contribution is 2.35. The molecular formula is C19H18ClN5O2S2. The van der Waals surface area contributed by atoms with Crippen molar-refractivity contribution in [2.45, 2.75) is 18.8 Å². The molecule has 0 amide bonds. The molecule has 0 saturated carbocycles. The number of piperidine rings is 1. The number of rotatable bonds is 3. The molecule has 0 radical (unpaired) electrons. The van der Waals surface area contributed by atoms with Crippen molar-refractivity contribution in [2.75, 3.05) is 19.3 Å². The minimum atomic E-state index is -3.22. The Bertz CT molecular complexity index is 1330. The first-order valence-corrected chi connectivity index (χ1v) is 12.3. The minimum Gasteiger partial charge on any atom is -0.213 e. The zero-order valence-corrected chi connectivity index (χ0v) is 18.0. The van der Waals surface area contributed by atoms with Crippen LogP contribution in [-0.4, -0.2) is 51.9 Å². The predicted molar refractivity (Wildman–Crippen MR) is 115 cm³/mol. The van der Waals surface area contributed by atoms with E-state index in [1.165, 1.54) is 21.9 Å². The summed E-state index contributed by atoms with van der Waals surface area (Å²) in [5, 5.41) is 17.0. The van der Waals surface area contributed by atoms with Crippen molar-refractivity contribution in [3.05, 3.63) is 47.2 Å². The van der Waals surface area contributed by atoms with Gasteiger partial charge in [-0.05, 0) is 24.3 Å². The van der Waals surface area contributed by atoms with Gasteiger partial charge in [0.05, 0.1) is 6.26 Å². The molecule has 7 nitrogen and oxygen atoms in total. The maximum absolute atomic E-state index is 12.0. The third-order valence-electron chi connectivity index (χ3n) is 5.33. The molecule has 1 aliphatic heterocycles. The van der Waals surface area contributed by atoms with Crippen LogP contribution in [0.25, 0.3) is 26.3 Å². The molecule has 0 aliphatic carbocycles. The average Bonchev–Trinajstić information content (AvgIpc) is 3.28. The lowest BCUT2D eigenvalue weighted by atomic mass is 9.99. The van der Waals surface area contributed by atoms with Gasteiger partial charge in [-0.25, -0.2) is 12.7 Å². The molecule has 0 N–H and O–H groups in total. The number of aromatic nitrogens is 4. The van der Waals surface area contributed by atoms with Crippen molar-refractivity contribution in [2.24, 2.45) is 0 Å². The Kier molecular flexibility index (Phi) is 4.58. The largest absolute Gasteiger partial charge is 0.234 e. The molecule has 0 bridgehead atoms. The molecule has 2 aromatic carbocycles. The Morgan fingerprint density at radius 1 is 1.14 bits per heavy atom. The fraction of sp³-hybridized carbons (Fsp3) is 0.316. The summed E-state index contributed by atoms with van der Waals surface area (Å²) in [6, 6.07) is 11.8. The zero-order chi connectivity index (χ0) is 20.2. The molecule has 1 atom stereocenters. The minimum absolute atomic E-state index is 0.0228. The van der Waals surface area contributed by atoms with E-state index in [4.69, 9.17) is 16.7 Å². The van der Waals surface area contributed by atoms with Crippen LogP contribution in [0.15, 0.2) is 36.4 Å². The van der Waals surface area contributed by atoms with Gasteiger partial charge in [0.2, 0.25) is 15.0 Å². The van der Waals surface area contributed by atoms with Crippen molar-refractivity contribution >= 4 is 48.7 Å². The first kappa shape index (κ1) is 18.9. The second-order valence-corrected chi connectivity index (χ2v) is 10.6. The third kappa shape index (κ3) is 3.31. The van der Waals surface area contributed by atoms with E-state index < -0.39 is 10.0 Å². The molecule has 150 valence electrons. The topological polar surface area (TPSA) is 80.5 Å². The van der Waals surface area contributed by atoms with E-state index in [0.717, 1.165) is 34.2 Å². The Hall–Kier alpha value is -2.07. The number of sulfonamides is 1. The van der Waals surface area contributed by atoms with Gasteiger partial charge in [-0.1, -0.05) is 53.3 Å². The maximum Gasteiger partial charge on any atom is 0.234 e. The summed E-state index contributed by atoms with van der Waals surface area (Å²) >= 11 is 7.82. The Morgan fingerprint density at radius 2 is 1.93 bits per heavy atom. The fourth-order valence-electron chi connectivity index (χ4n) is 3.91. The summed E-state index contributed by atoms with van der Waals surface area (Å²) in [5.41, 5.74) is 0.993. The van der Waals surface area contributed by atoms with Crippen LogP contribution in [0.5, 0.6) is 0 Å². The molecule has 3 heterocycles. The molecule has 1 fully saturated rings. The van der Waals surface area contributed by atoms with Crippen molar-refractivity contribution in [3.8, 4) is 10.6 Å². The summed E-state index contributed by atoms with van der Waals surface area (Å²) in [6.07, 6.45) is 2.91. The summed E-state index contributed by atoms with van der Waals surface area (Å²) in [4.78, 5) is 0.700. The molecule has 29 heavy (non-hydrogen) atoms. The van der Waals surface area contributed by atoms with Crippen LogP contribution in [0.4, 0.5) is 0 Å². The molecule has 1 aliphatic rings. The number of fused-ring (bicyclic) bond motifs is 2. The molecule has 2 aromatic heterocycles. The van der Waals surface area contributed by atoms with Crippen molar-refractivity contribution < 1.29 is 8.42 Å². The molecule has 1 saturated heterocycles. The van der Waals surface area contributed by atoms with Gasteiger partial charge in [0.25, 0.3) is 0 Å². The van der Waals surface area contributed by atoms with E-state index in [-0.39, 0.29) is 5.92 Å². The number of benzene rings is 2. The van der Waals surface area contributed by atoms with Crippen LogP contribution < -0.4 is 0 Å². The van der Waals surface area contributed by atoms with Crippen LogP contribution >= 0.6 is 22.9 Å². The van der Waals surface area contributed by atoms with E-state index in [1.807, 2.05) is 36.4 Å². The van der Waals surface area contributed by atoms with Gasteiger partial charge in [-0.15, -0.1) is 10.2 Å². The van der Waals surface area contributed by atoms with E-state index in [1.54, 1.807) is 4.52 Å². The molecule has 10 heteroatoms. The molecular weight excluding hydrogens is 430 g/mol. The maximum atomic E-state index is 12.0. The second-order valence-electron chi connectivity index (χ2n) is 7.26. The highest BCUT2D eigenvalue weighted by atomic mass is 35.5. The highest BCUT2D eigenvalue weighted by molar-refractivity contribution is 7.88. The van der Waals surface area contributed by atoms with Gasteiger partial charge in [-0.2, -0.15) is 9.61 Å². The van der Waals surface area contributed by atoms with Gasteiger partial charge in [0.15, 0.2) is 5.82 Å². The zero-order valence-electron chi connectivity index (χ0n) is 15.6. The standard InChI is InChI=1S/C19H18ClN5O2S2/c1-29(26,27)24-10-4-5-12(11-24)17-21-22-19-25(17)23-18(28-19)15-8-2-7-14-13(15)6-3-9-16(14)20/h2-3,6-9,12H,4-5,10-11H2,1H3. The van der Waals surface area contributed by atoms with Crippen molar-refractivity contribution in [1.82, 2.24) is 24.1 Å². The quantitative estimate of drug-likeness (QED) is 0.477. The number of hydrogen-bond donors (Lipinski definition) is 0. The van der Waals surface area contributed by atoms with Gasteiger partial charge in [-0.3, -0.25) is 0 Å². The van der Waals surface area contributed by atoms with Crippen LogP contribution in [0.2, 0.25) is 5.02 Å². The van der Waals surface area contributed by atoms with Gasteiger partial charge < -0.3 is 0 Å². The highest BCUT2D eigenvalue weighted by Gasteiger charge is 2.30. The number of halogens is 1. The summed E-state index contributed by atoms with van der Waals surface area (Å²) in [5.74, 6) is 0.694. The molecule has 4 aromatic rings. The first-order chi connectivity index (χ1) is 13.9. The molecule has 1 unspecified atom stereocenters. The Labute approximate surface area is 177 Å². The van der Waals surface area contributed by atoms with Crippen LogP contribution in [0, 0.1) is 0 Å². The van der Waals surface area contributed by atoms with Gasteiger partial charge >= 0.3 is 0 Å². The lowest BCUT2D eigenvalue weighted by Gasteiger charge is -2.29. The van der Waals surface area contributed by atoms with E-state index in [9.17, 15) is 8.42 Å². The monoisotopic (exact) mass is 447 g/mol. The molecule has 0 spiro atoms. The van der Waals surface area contributed by atoms with Gasteiger partial charge in [0, 0.05) is 35.0 Å². The number of nitrogens with zero attached hydrogens (tertiary/aromatic N) is 5. The Balaban J connectivity index is 1.57. The fourth-order valence-corrected chi connectivity index (χ4v) is 5.94. The van der Waals surface area contributed by atoms with Crippen molar-refractivity contribution in [1.29, 1.82) is 0 Å². The van der Waals surface area contributed by atoms with Crippen LogP contribution in [0.3, 0.4) is 0 Å². The van der Waals surface area contributed by atoms with Gasteiger partial charge in [0.1, 0.15) is 5.01 Å². The van der Waals surface area contributed by atoms with Crippen molar-refractivity contribution in [3.63, 3.8) is 0 Å². The predicted octanol–water partition coefficient (Wildman–Crippen LogP) is 3.80. The van der Waals surface area contributed by atoms with Crippen LogP contribution in [0.1, 0.15) is 24.6 Å². The summed E-state index contributed by atoms with van der Waals surface area (Å²) in [6.45, 7) is 0.965. The third-order valence-corrected chi connectivity index (χ3v) is 7.86. The normalized spacial score (nSPS) is 18.6. The van der Waals surface area contributed by atoms with Crippen LogP contribution in [-0.2, 0) is 10.0 Å². The number of hydrogen-bond acceptors (Lipinski definition) is 6. The SMILES string of the molecule is CS(=O)(=O)N1CCCC(c2nnc3sc(-c4cccc5c(Cl)cccc45)nn23)C1. The van der Waals surface area contributed by atoms with E-state index in [0.29, 0.717) is 28.9 Å². The van der Waals surface area contributed by atoms with E-state index >= 15 is 0 Å². The lowest BCUT2D eigenvalue weighted by Crippen LogP contribution is -2.38. The first-order valence-electron chi connectivity index (χ1n) is 9.27. The average molecular weight is 448 g/mol. The lowest BCUT2D eigenvalue weighted by molar-refractivity contribution is 0.309. The van der Waals surface area contributed by atoms with E-state index in [2.05, 4.69) is 10.2 Å². The second kappa shape index (κ2) is 7.02. The summed E-state index contributed by atoms with van der Waals surface area (Å²) in [7, 11) is -3.22. The smallest absolute Gasteiger partial charge is 0.213 e. The molecule has 5 rings (SSSR count). The summed E-state index contributed by atoms with van der Waals surface area (Å²) < 4.78 is 27.2. The Morgan fingerprint density at radius 3 is 2.76 bits per heavy atom.